The first-order valence-electron chi connectivity index (χ1n) is 9.59. The molecule has 0 aliphatic heterocycles. The molecule has 1 aromatic rings. The molecule has 2 N–H and O–H groups in total. The van der Waals surface area contributed by atoms with Crippen molar-refractivity contribution in [2.24, 2.45) is 0 Å². The molecule has 7 heteroatoms. The molecular weight excluding hydrogens is 360 g/mol. The van der Waals surface area contributed by atoms with Crippen LogP contribution < -0.4 is 10.6 Å². The van der Waals surface area contributed by atoms with Crippen molar-refractivity contribution in [1.82, 2.24) is 10.6 Å². The van der Waals surface area contributed by atoms with Crippen LogP contribution in [0.3, 0.4) is 0 Å². The summed E-state index contributed by atoms with van der Waals surface area (Å²) in [5, 5.41) is 5.51. The number of ether oxygens (including phenoxy) is 2. The van der Waals surface area contributed by atoms with Gasteiger partial charge in [-0.25, -0.2) is 4.79 Å². The Kier molecular flexibility index (Phi) is 10.2. The van der Waals surface area contributed by atoms with Crippen molar-refractivity contribution in [3.8, 4) is 0 Å². The van der Waals surface area contributed by atoms with Gasteiger partial charge in [0, 0.05) is 6.42 Å². The second kappa shape index (κ2) is 12.1. The molecular formula is C21H32N2O5. The van der Waals surface area contributed by atoms with Crippen LogP contribution in [-0.2, 0) is 25.5 Å². The maximum Gasteiger partial charge on any atom is 0.414 e. The average Bonchev–Trinajstić information content (AvgIpc) is 2.62. The number of hydrogen-bond acceptors (Lipinski definition) is 6. The Balaban J connectivity index is 2.55. The predicted molar refractivity (Wildman–Crippen MR) is 107 cm³/mol. The van der Waals surface area contributed by atoms with E-state index in [1.54, 1.807) is 20.8 Å². The number of unbranched alkanes of at least 4 members (excludes halogenated alkanes) is 2. The number of hydrogen-bond donors (Lipinski definition) is 2. The zero-order valence-electron chi connectivity index (χ0n) is 17.2. The van der Waals surface area contributed by atoms with Crippen molar-refractivity contribution in [3.05, 3.63) is 35.9 Å². The molecule has 0 bridgehead atoms. The van der Waals surface area contributed by atoms with Crippen molar-refractivity contribution in [1.29, 1.82) is 0 Å². The Morgan fingerprint density at radius 2 is 1.71 bits per heavy atom. The van der Waals surface area contributed by atoms with Crippen LogP contribution in [0.2, 0.25) is 0 Å². The van der Waals surface area contributed by atoms with Crippen LogP contribution in [0.1, 0.15) is 52.0 Å². The van der Waals surface area contributed by atoms with Gasteiger partial charge < -0.3 is 14.8 Å². The number of methoxy groups -OCH3 is 1. The molecule has 7 nitrogen and oxygen atoms in total. The van der Waals surface area contributed by atoms with Gasteiger partial charge in [-0.2, -0.15) is 0 Å². The Morgan fingerprint density at radius 1 is 1.04 bits per heavy atom. The molecule has 1 rings (SSSR count). The monoisotopic (exact) mass is 392 g/mol. The molecule has 0 aromatic heterocycles. The quantitative estimate of drug-likeness (QED) is 0.470. The molecule has 1 aromatic carbocycles. The lowest BCUT2D eigenvalue weighted by atomic mass is 10.0. The highest BCUT2D eigenvalue weighted by Gasteiger charge is 2.23. The number of amides is 2. The Labute approximate surface area is 167 Å². The summed E-state index contributed by atoms with van der Waals surface area (Å²) in [6.45, 7) is 5.82. The Morgan fingerprint density at radius 3 is 2.32 bits per heavy atom. The molecule has 2 amide bonds. The molecule has 28 heavy (non-hydrogen) atoms. The minimum absolute atomic E-state index is 0.216. The van der Waals surface area contributed by atoms with Crippen LogP contribution in [0.5, 0.6) is 0 Å². The van der Waals surface area contributed by atoms with E-state index in [9.17, 15) is 14.4 Å². The van der Waals surface area contributed by atoms with Gasteiger partial charge in [0.15, 0.2) is 0 Å². The summed E-state index contributed by atoms with van der Waals surface area (Å²) in [5.74, 6) is -0.640. The molecule has 1 atom stereocenters. The van der Waals surface area contributed by atoms with Crippen LogP contribution in [0.4, 0.5) is 4.79 Å². The van der Waals surface area contributed by atoms with Gasteiger partial charge in [-0.3, -0.25) is 14.9 Å². The standard InChI is InChI=1S/C21H32N2O5/c1-21(2,3)28-20(26)23-19(25)17(15-16-11-7-5-8-12-16)22-14-10-6-9-13-18(24)27-4/h5,7-8,11-12,17,22H,6,9-10,13-15H2,1-4H3,(H,23,25,26)/t17-/m0/s1. The van der Waals surface area contributed by atoms with E-state index in [2.05, 4.69) is 15.4 Å². The molecule has 0 heterocycles. The molecule has 0 fully saturated rings. The summed E-state index contributed by atoms with van der Waals surface area (Å²) in [6, 6.07) is 9.04. The molecule has 0 unspecified atom stereocenters. The number of rotatable bonds is 10. The second-order valence-corrected chi connectivity index (χ2v) is 7.57. The number of alkyl carbamates (subject to hydrolysis) is 1. The summed E-state index contributed by atoms with van der Waals surface area (Å²) < 4.78 is 9.77. The first-order chi connectivity index (χ1) is 13.2. The normalized spacial score (nSPS) is 12.1. The van der Waals surface area contributed by atoms with Crippen molar-refractivity contribution >= 4 is 18.0 Å². The van der Waals surface area contributed by atoms with Gasteiger partial charge in [-0.1, -0.05) is 36.8 Å². The fraction of sp³-hybridized carbons (Fsp3) is 0.571. The first-order valence-corrected chi connectivity index (χ1v) is 9.59. The molecule has 0 aliphatic rings. The topological polar surface area (TPSA) is 93.7 Å². The fourth-order valence-corrected chi connectivity index (χ4v) is 2.55. The Bertz CT molecular complexity index is 625. The van der Waals surface area contributed by atoms with E-state index in [4.69, 9.17) is 4.74 Å². The van der Waals surface area contributed by atoms with Crippen LogP contribution in [0, 0.1) is 0 Å². The van der Waals surface area contributed by atoms with E-state index in [-0.39, 0.29) is 5.97 Å². The highest BCUT2D eigenvalue weighted by atomic mass is 16.6. The van der Waals surface area contributed by atoms with Crippen molar-refractivity contribution in [3.63, 3.8) is 0 Å². The number of carbonyl (C=O) groups is 3. The predicted octanol–water partition coefficient (Wildman–Crippen LogP) is 2.97. The largest absolute Gasteiger partial charge is 0.469 e. The third-order valence-electron chi connectivity index (χ3n) is 3.90. The maximum atomic E-state index is 12.6. The van der Waals surface area contributed by atoms with E-state index in [1.165, 1.54) is 7.11 Å². The highest BCUT2D eigenvalue weighted by molar-refractivity contribution is 5.95. The lowest BCUT2D eigenvalue weighted by Crippen LogP contribution is -2.49. The molecule has 0 saturated carbocycles. The zero-order chi connectivity index (χ0) is 21.0. The van der Waals surface area contributed by atoms with Gasteiger partial charge in [0.05, 0.1) is 13.2 Å². The summed E-state index contributed by atoms with van der Waals surface area (Å²) in [5.41, 5.74) is 0.317. The SMILES string of the molecule is COC(=O)CCCCCN[C@@H](Cc1ccccc1)C(=O)NC(=O)OC(C)(C)C. The number of benzene rings is 1. The van der Waals surface area contributed by atoms with E-state index in [0.717, 1.165) is 24.8 Å². The summed E-state index contributed by atoms with van der Waals surface area (Å²) in [7, 11) is 1.38. The van der Waals surface area contributed by atoms with Crippen molar-refractivity contribution in [2.45, 2.75) is 64.5 Å². The van der Waals surface area contributed by atoms with Crippen LogP contribution in [-0.4, -0.2) is 43.3 Å². The van der Waals surface area contributed by atoms with Crippen LogP contribution in [0.25, 0.3) is 0 Å². The van der Waals surface area contributed by atoms with E-state index in [1.807, 2.05) is 30.3 Å². The smallest absolute Gasteiger partial charge is 0.414 e. The molecule has 156 valence electrons. The minimum atomic E-state index is -0.754. The van der Waals surface area contributed by atoms with Crippen LogP contribution in [0.15, 0.2) is 30.3 Å². The average molecular weight is 392 g/mol. The zero-order valence-corrected chi connectivity index (χ0v) is 17.2. The van der Waals surface area contributed by atoms with Gasteiger partial charge in [-0.15, -0.1) is 0 Å². The molecule has 0 saturated heterocycles. The van der Waals surface area contributed by atoms with Crippen molar-refractivity contribution < 1.29 is 23.9 Å². The Hall–Kier alpha value is -2.41. The summed E-state index contributed by atoms with van der Waals surface area (Å²) in [6.07, 6.45) is 2.48. The second-order valence-electron chi connectivity index (χ2n) is 7.57. The fourth-order valence-electron chi connectivity index (χ4n) is 2.55. The number of carbonyl (C=O) groups excluding carboxylic acids is 3. The molecule has 0 spiro atoms. The third kappa shape index (κ3) is 10.7. The summed E-state index contributed by atoms with van der Waals surface area (Å²) in [4.78, 5) is 35.6. The third-order valence-corrected chi connectivity index (χ3v) is 3.90. The van der Waals surface area contributed by atoms with E-state index < -0.39 is 23.6 Å². The van der Waals surface area contributed by atoms with Crippen LogP contribution >= 0.6 is 0 Å². The maximum absolute atomic E-state index is 12.6. The lowest BCUT2D eigenvalue weighted by Gasteiger charge is -2.22. The minimum Gasteiger partial charge on any atom is -0.469 e. The van der Waals surface area contributed by atoms with Gasteiger partial charge in [0.2, 0.25) is 5.91 Å². The number of esters is 1. The summed E-state index contributed by atoms with van der Waals surface area (Å²) >= 11 is 0. The van der Waals surface area contributed by atoms with Crippen molar-refractivity contribution in [2.75, 3.05) is 13.7 Å². The first kappa shape index (κ1) is 23.6. The number of nitrogens with one attached hydrogen (secondary N) is 2. The van der Waals surface area contributed by atoms with Gasteiger partial charge in [0.25, 0.3) is 0 Å². The molecule has 0 radical (unpaired) electrons. The number of imide groups is 1. The van der Waals surface area contributed by atoms with Gasteiger partial charge in [0.1, 0.15) is 5.60 Å². The highest BCUT2D eigenvalue weighted by Crippen LogP contribution is 2.08. The lowest BCUT2D eigenvalue weighted by molar-refractivity contribution is -0.140. The van der Waals surface area contributed by atoms with Gasteiger partial charge >= 0.3 is 12.1 Å². The van der Waals surface area contributed by atoms with E-state index in [0.29, 0.717) is 19.4 Å². The van der Waals surface area contributed by atoms with E-state index >= 15 is 0 Å². The van der Waals surface area contributed by atoms with Gasteiger partial charge in [-0.05, 0) is 52.1 Å². The molecule has 0 aliphatic carbocycles.